The van der Waals surface area contributed by atoms with Gasteiger partial charge < -0.3 is 8.83 Å². The molecule has 0 saturated heterocycles. The van der Waals surface area contributed by atoms with Gasteiger partial charge in [0.05, 0.1) is 5.71 Å². The molecule has 0 bridgehead atoms. The summed E-state index contributed by atoms with van der Waals surface area (Å²) in [6, 6.07) is 5.09. The fraction of sp³-hybridized carbons (Fsp3) is 0.231. The summed E-state index contributed by atoms with van der Waals surface area (Å²) in [5, 5.41) is 4.04. The van der Waals surface area contributed by atoms with Crippen molar-refractivity contribution in [1.82, 2.24) is 5.43 Å². The minimum absolute atomic E-state index is 0.198. The normalized spacial score (nSPS) is 11.7. The summed E-state index contributed by atoms with van der Waals surface area (Å²) >= 11 is 3.13. The van der Waals surface area contributed by atoms with E-state index in [4.69, 9.17) is 8.83 Å². The second-order valence-corrected chi connectivity index (χ2v) is 4.85. The van der Waals surface area contributed by atoms with Gasteiger partial charge in [-0.05, 0) is 54.9 Å². The van der Waals surface area contributed by atoms with Crippen LogP contribution in [0.1, 0.15) is 34.6 Å². The molecular weight excluding hydrogens is 312 g/mol. The second kappa shape index (κ2) is 5.44. The Kier molecular flexibility index (Phi) is 3.90. The smallest absolute Gasteiger partial charge is 0.307 e. The molecule has 2 heterocycles. The molecule has 0 radical (unpaired) electrons. The third kappa shape index (κ3) is 3.14. The van der Waals surface area contributed by atoms with Gasteiger partial charge in [0.2, 0.25) is 0 Å². The molecule has 0 aliphatic heterocycles. The van der Waals surface area contributed by atoms with Gasteiger partial charge in [0.1, 0.15) is 11.5 Å². The topological polar surface area (TPSA) is 67.7 Å². The highest BCUT2D eigenvalue weighted by atomic mass is 79.9. The summed E-state index contributed by atoms with van der Waals surface area (Å²) in [4.78, 5) is 11.7. The number of hydrogen-bond donors (Lipinski definition) is 1. The van der Waals surface area contributed by atoms with Crippen molar-refractivity contribution in [2.24, 2.45) is 5.10 Å². The number of rotatable bonds is 3. The summed E-state index contributed by atoms with van der Waals surface area (Å²) in [7, 11) is 0. The fourth-order valence-electron chi connectivity index (χ4n) is 1.68. The number of aryl methyl sites for hydroxylation is 2. The van der Waals surface area contributed by atoms with Crippen LogP contribution in [0.15, 0.2) is 36.8 Å². The van der Waals surface area contributed by atoms with Gasteiger partial charge in [-0.25, -0.2) is 5.43 Å². The maximum absolute atomic E-state index is 11.7. The number of carbonyl (C=O) groups is 1. The molecule has 1 N–H and O–H groups in total. The number of furan rings is 2. The highest BCUT2D eigenvalue weighted by Crippen LogP contribution is 2.15. The summed E-state index contributed by atoms with van der Waals surface area (Å²) in [5.41, 5.74) is 3.99. The third-order valence-corrected chi connectivity index (χ3v) is 2.98. The van der Waals surface area contributed by atoms with Crippen molar-refractivity contribution in [3.63, 3.8) is 0 Å². The highest BCUT2D eigenvalue weighted by molar-refractivity contribution is 9.10. The number of carbonyl (C=O) groups excluding carboxylic acids is 1. The van der Waals surface area contributed by atoms with Crippen LogP contribution in [0.4, 0.5) is 0 Å². The van der Waals surface area contributed by atoms with Gasteiger partial charge in [0.15, 0.2) is 10.4 Å². The lowest BCUT2D eigenvalue weighted by atomic mass is 10.2. The standard InChI is InChI=1S/C13H13BrN2O3/c1-7-6-10(9(3)18-7)8(2)15-16-13(17)11-4-5-12(14)19-11/h4-6H,1-3H3,(H,16,17)/b15-8-. The summed E-state index contributed by atoms with van der Waals surface area (Å²) in [6.45, 7) is 5.52. The van der Waals surface area contributed by atoms with Crippen molar-refractivity contribution in [1.29, 1.82) is 0 Å². The molecular formula is C13H13BrN2O3. The second-order valence-electron chi connectivity index (χ2n) is 4.07. The number of hydrazone groups is 1. The van der Waals surface area contributed by atoms with Gasteiger partial charge in [0.25, 0.3) is 0 Å². The molecule has 0 aliphatic rings. The first-order valence-corrected chi connectivity index (χ1v) is 6.44. The van der Waals surface area contributed by atoms with Crippen molar-refractivity contribution >= 4 is 27.5 Å². The molecule has 2 rings (SSSR count). The summed E-state index contributed by atoms with van der Waals surface area (Å²) in [6.07, 6.45) is 0. The lowest BCUT2D eigenvalue weighted by molar-refractivity contribution is 0.0926. The molecule has 0 aromatic carbocycles. The van der Waals surface area contributed by atoms with Gasteiger partial charge in [0, 0.05) is 5.56 Å². The molecule has 0 spiro atoms. The quantitative estimate of drug-likeness (QED) is 0.695. The number of nitrogens with one attached hydrogen (secondary N) is 1. The van der Waals surface area contributed by atoms with Gasteiger partial charge in [-0.3, -0.25) is 4.79 Å². The van der Waals surface area contributed by atoms with Gasteiger partial charge in [-0.2, -0.15) is 5.10 Å². The van der Waals surface area contributed by atoms with Crippen LogP contribution >= 0.6 is 15.9 Å². The molecule has 0 saturated carbocycles. The van der Waals surface area contributed by atoms with Crippen molar-refractivity contribution in [2.75, 3.05) is 0 Å². The predicted octanol–water partition coefficient (Wildman–Crippen LogP) is 3.41. The first-order valence-electron chi connectivity index (χ1n) is 5.64. The largest absolute Gasteiger partial charge is 0.466 e. The van der Waals surface area contributed by atoms with Crippen LogP contribution in [-0.4, -0.2) is 11.6 Å². The van der Waals surface area contributed by atoms with Crippen molar-refractivity contribution < 1.29 is 13.6 Å². The molecule has 100 valence electrons. The lowest BCUT2D eigenvalue weighted by Crippen LogP contribution is -2.18. The Balaban J connectivity index is 2.10. The molecule has 0 unspecified atom stereocenters. The van der Waals surface area contributed by atoms with Crippen LogP contribution in [0.25, 0.3) is 0 Å². The molecule has 0 aliphatic carbocycles. The van der Waals surface area contributed by atoms with E-state index in [0.717, 1.165) is 17.1 Å². The minimum Gasteiger partial charge on any atom is -0.466 e. The minimum atomic E-state index is -0.400. The van der Waals surface area contributed by atoms with Crippen LogP contribution in [0.3, 0.4) is 0 Å². The summed E-state index contributed by atoms with van der Waals surface area (Å²) in [5.74, 6) is 1.38. The molecule has 5 nitrogen and oxygen atoms in total. The Bertz CT molecular complexity index is 640. The van der Waals surface area contributed by atoms with Crippen molar-refractivity contribution in [3.8, 4) is 0 Å². The lowest BCUT2D eigenvalue weighted by Gasteiger charge is -1.99. The first-order chi connectivity index (χ1) is 8.97. The van der Waals surface area contributed by atoms with E-state index in [2.05, 4.69) is 26.5 Å². The number of halogens is 1. The van der Waals surface area contributed by atoms with E-state index in [1.165, 1.54) is 0 Å². The van der Waals surface area contributed by atoms with Gasteiger partial charge in [-0.1, -0.05) is 0 Å². The Morgan fingerprint density at radius 1 is 1.32 bits per heavy atom. The van der Waals surface area contributed by atoms with Crippen LogP contribution in [0.2, 0.25) is 0 Å². The average molecular weight is 325 g/mol. The number of nitrogens with zero attached hydrogens (tertiary/aromatic N) is 1. The van der Waals surface area contributed by atoms with E-state index in [9.17, 15) is 4.79 Å². The average Bonchev–Trinajstić information content (AvgIpc) is 2.92. The van der Waals surface area contributed by atoms with E-state index in [1.54, 1.807) is 19.1 Å². The maximum atomic E-state index is 11.7. The van der Waals surface area contributed by atoms with E-state index in [-0.39, 0.29) is 5.76 Å². The van der Waals surface area contributed by atoms with E-state index < -0.39 is 5.91 Å². The summed E-state index contributed by atoms with van der Waals surface area (Å²) < 4.78 is 11.0. The molecule has 2 aromatic rings. The molecule has 2 aromatic heterocycles. The zero-order valence-corrected chi connectivity index (χ0v) is 12.4. The molecule has 19 heavy (non-hydrogen) atoms. The van der Waals surface area contributed by atoms with Crippen LogP contribution in [-0.2, 0) is 0 Å². The van der Waals surface area contributed by atoms with Gasteiger partial charge in [-0.15, -0.1) is 0 Å². The van der Waals surface area contributed by atoms with E-state index in [0.29, 0.717) is 10.4 Å². The molecule has 0 fully saturated rings. The van der Waals surface area contributed by atoms with Crippen molar-refractivity contribution in [3.05, 3.63) is 45.7 Å². The van der Waals surface area contributed by atoms with Gasteiger partial charge >= 0.3 is 5.91 Å². The predicted molar refractivity (Wildman–Crippen MR) is 74.3 cm³/mol. The van der Waals surface area contributed by atoms with E-state index >= 15 is 0 Å². The maximum Gasteiger partial charge on any atom is 0.307 e. The Morgan fingerprint density at radius 3 is 2.58 bits per heavy atom. The molecule has 1 amide bonds. The number of hydrogen-bond acceptors (Lipinski definition) is 4. The number of amides is 1. The van der Waals surface area contributed by atoms with Crippen molar-refractivity contribution in [2.45, 2.75) is 20.8 Å². The Labute approximate surface area is 118 Å². The first kappa shape index (κ1) is 13.6. The fourth-order valence-corrected chi connectivity index (χ4v) is 1.98. The van der Waals surface area contributed by atoms with Crippen LogP contribution in [0.5, 0.6) is 0 Å². The molecule has 6 heteroatoms. The SMILES string of the molecule is C/C(=N/NC(=O)c1ccc(Br)o1)c1cc(C)oc1C. The van der Waals surface area contributed by atoms with E-state index in [1.807, 2.05) is 19.9 Å². The Morgan fingerprint density at radius 2 is 2.05 bits per heavy atom. The highest BCUT2D eigenvalue weighted by Gasteiger charge is 2.11. The van der Waals surface area contributed by atoms with Crippen LogP contribution in [0, 0.1) is 13.8 Å². The zero-order chi connectivity index (χ0) is 14.0. The zero-order valence-electron chi connectivity index (χ0n) is 10.8. The van der Waals surface area contributed by atoms with Crippen LogP contribution < -0.4 is 5.43 Å². The molecule has 0 atom stereocenters. The Hall–Kier alpha value is -1.82. The third-order valence-electron chi connectivity index (χ3n) is 2.55. The monoisotopic (exact) mass is 324 g/mol.